The molecule has 1 aromatic carbocycles. The highest BCUT2D eigenvalue weighted by Crippen LogP contribution is 2.15. The van der Waals surface area contributed by atoms with Crippen LogP contribution >= 0.6 is 34.8 Å². The molecule has 0 aliphatic carbocycles. The van der Waals surface area contributed by atoms with E-state index in [1.165, 1.54) is 12.0 Å². The fraction of sp³-hybridized carbons (Fsp3) is 0.571. The summed E-state index contributed by atoms with van der Waals surface area (Å²) >= 11 is 3.86. The first-order valence-electron chi connectivity index (χ1n) is 6.33. The van der Waals surface area contributed by atoms with Gasteiger partial charge in [-0.25, -0.2) is 0 Å². The van der Waals surface area contributed by atoms with Crippen LogP contribution in [0.2, 0.25) is 0 Å². The molecule has 0 aliphatic heterocycles. The lowest BCUT2D eigenvalue weighted by atomic mass is 10.2. The Labute approximate surface area is 129 Å². The van der Waals surface area contributed by atoms with Crippen LogP contribution in [0.1, 0.15) is 25.3 Å². The second kappa shape index (κ2) is 11.1. The molecule has 102 valence electrons. The molecule has 1 aromatic rings. The standard InChI is InChI=1S/C14H21IO2S/c1-2-3-9-16-10-14(17-15)12-18-11-13-7-5-4-6-8-13/h4-8,14H,2-3,9-12H2,1H3. The zero-order valence-electron chi connectivity index (χ0n) is 10.8. The summed E-state index contributed by atoms with van der Waals surface area (Å²) in [5.41, 5.74) is 1.36. The van der Waals surface area contributed by atoms with Crippen LogP contribution in [0.3, 0.4) is 0 Å². The smallest absolute Gasteiger partial charge is 0.110 e. The van der Waals surface area contributed by atoms with Crippen LogP contribution in [0.4, 0.5) is 0 Å². The molecule has 18 heavy (non-hydrogen) atoms. The van der Waals surface area contributed by atoms with Crippen molar-refractivity contribution in [2.75, 3.05) is 19.0 Å². The minimum atomic E-state index is 0.191. The largest absolute Gasteiger partial charge is 0.379 e. The molecule has 0 saturated carbocycles. The number of halogens is 1. The molecule has 4 heteroatoms. The van der Waals surface area contributed by atoms with Crippen molar-refractivity contribution in [3.05, 3.63) is 35.9 Å². The lowest BCUT2D eigenvalue weighted by molar-refractivity contribution is 0.0777. The minimum Gasteiger partial charge on any atom is -0.379 e. The fourth-order valence-electron chi connectivity index (χ4n) is 1.44. The third-order valence-electron chi connectivity index (χ3n) is 2.49. The molecule has 2 nitrogen and oxygen atoms in total. The molecule has 0 heterocycles. The molecule has 0 amide bonds. The molecule has 0 aromatic heterocycles. The number of benzene rings is 1. The fourth-order valence-corrected chi connectivity index (χ4v) is 2.99. The molecule has 0 N–H and O–H groups in total. The van der Waals surface area contributed by atoms with Gasteiger partial charge >= 0.3 is 0 Å². The maximum absolute atomic E-state index is 5.59. The number of ether oxygens (including phenoxy) is 1. The molecule has 0 aliphatic rings. The van der Waals surface area contributed by atoms with Crippen LogP contribution in [0.5, 0.6) is 0 Å². The lowest BCUT2D eigenvalue weighted by Gasteiger charge is -2.13. The van der Waals surface area contributed by atoms with Crippen molar-refractivity contribution >= 4 is 34.8 Å². The van der Waals surface area contributed by atoms with Crippen molar-refractivity contribution in [2.45, 2.75) is 31.6 Å². The van der Waals surface area contributed by atoms with Crippen molar-refractivity contribution < 1.29 is 7.80 Å². The van der Waals surface area contributed by atoms with Crippen LogP contribution in [0.15, 0.2) is 30.3 Å². The third-order valence-corrected chi connectivity index (χ3v) is 4.35. The molecule has 1 unspecified atom stereocenters. The molecule has 0 fully saturated rings. The third kappa shape index (κ3) is 7.61. The SMILES string of the molecule is CCCCOCC(CSCc1ccccc1)OI. The first-order chi connectivity index (χ1) is 8.86. The average Bonchev–Trinajstić information content (AvgIpc) is 2.42. The van der Waals surface area contributed by atoms with Gasteiger partial charge in [0, 0.05) is 18.1 Å². The number of unbranched alkanes of at least 4 members (excludes halogenated alkanes) is 1. The van der Waals surface area contributed by atoms with Gasteiger partial charge in [-0.2, -0.15) is 11.8 Å². The van der Waals surface area contributed by atoms with Gasteiger partial charge in [0.2, 0.25) is 0 Å². The monoisotopic (exact) mass is 380 g/mol. The highest BCUT2D eigenvalue weighted by molar-refractivity contribution is 14.1. The van der Waals surface area contributed by atoms with E-state index in [-0.39, 0.29) is 6.10 Å². The van der Waals surface area contributed by atoms with Crippen molar-refractivity contribution in [3.8, 4) is 0 Å². The zero-order chi connectivity index (χ0) is 13.1. The Morgan fingerprint density at radius 2 is 2.06 bits per heavy atom. The lowest BCUT2D eigenvalue weighted by Crippen LogP contribution is -2.19. The van der Waals surface area contributed by atoms with E-state index in [1.807, 2.05) is 40.8 Å². The molecule has 1 rings (SSSR count). The summed E-state index contributed by atoms with van der Waals surface area (Å²) in [7, 11) is 0. The molecule has 0 radical (unpaired) electrons. The van der Waals surface area contributed by atoms with E-state index in [2.05, 4.69) is 31.2 Å². The molecular formula is C14H21IO2S. The Bertz CT molecular complexity index is 295. The van der Waals surface area contributed by atoms with Crippen LogP contribution in [-0.4, -0.2) is 25.1 Å². The van der Waals surface area contributed by atoms with Crippen LogP contribution in [0, 0.1) is 0 Å². The predicted octanol–water partition coefficient (Wildman–Crippen LogP) is 4.47. The van der Waals surface area contributed by atoms with Crippen molar-refractivity contribution in [1.29, 1.82) is 0 Å². The maximum atomic E-state index is 5.59. The summed E-state index contributed by atoms with van der Waals surface area (Å²) in [4.78, 5) is 0. The van der Waals surface area contributed by atoms with Crippen LogP contribution < -0.4 is 0 Å². The van der Waals surface area contributed by atoms with Gasteiger partial charge in [-0.1, -0.05) is 43.7 Å². The van der Waals surface area contributed by atoms with Crippen molar-refractivity contribution in [3.63, 3.8) is 0 Å². The van der Waals surface area contributed by atoms with E-state index in [4.69, 9.17) is 7.80 Å². The van der Waals surface area contributed by atoms with E-state index >= 15 is 0 Å². The summed E-state index contributed by atoms with van der Waals surface area (Å²) in [6.07, 6.45) is 2.50. The second-order valence-electron chi connectivity index (χ2n) is 4.14. The highest BCUT2D eigenvalue weighted by atomic mass is 127. The molecule has 0 saturated heterocycles. The Hall–Kier alpha value is 0.220. The van der Waals surface area contributed by atoms with Gasteiger partial charge < -0.3 is 7.80 Å². The molecular weight excluding hydrogens is 359 g/mol. The Balaban J connectivity index is 2.11. The number of rotatable bonds is 10. The Morgan fingerprint density at radius 3 is 2.72 bits per heavy atom. The summed E-state index contributed by atoms with van der Waals surface area (Å²) in [5.74, 6) is 2.01. The predicted molar refractivity (Wildman–Crippen MR) is 87.2 cm³/mol. The summed E-state index contributed by atoms with van der Waals surface area (Å²) in [6, 6.07) is 10.5. The second-order valence-corrected chi connectivity index (χ2v) is 5.68. The summed E-state index contributed by atoms with van der Waals surface area (Å²) in [6.45, 7) is 3.71. The first-order valence-corrected chi connectivity index (χ1v) is 8.37. The van der Waals surface area contributed by atoms with E-state index in [0.29, 0.717) is 6.61 Å². The van der Waals surface area contributed by atoms with E-state index in [1.54, 1.807) is 0 Å². The van der Waals surface area contributed by atoms with Gasteiger partial charge in [0.1, 0.15) is 29.1 Å². The topological polar surface area (TPSA) is 18.5 Å². The van der Waals surface area contributed by atoms with Gasteiger partial charge in [0.25, 0.3) is 0 Å². The summed E-state index contributed by atoms with van der Waals surface area (Å²) in [5, 5.41) is 0. The van der Waals surface area contributed by atoms with Gasteiger partial charge in [0.05, 0.1) is 6.61 Å². The molecule has 0 bridgehead atoms. The van der Waals surface area contributed by atoms with Crippen LogP contribution in [-0.2, 0) is 13.6 Å². The number of hydrogen-bond acceptors (Lipinski definition) is 3. The van der Waals surface area contributed by atoms with E-state index in [9.17, 15) is 0 Å². The Kier molecular flexibility index (Phi) is 10.0. The maximum Gasteiger partial charge on any atom is 0.110 e. The molecule has 1 atom stereocenters. The number of thioether (sulfide) groups is 1. The van der Waals surface area contributed by atoms with Gasteiger partial charge in [-0.15, -0.1) is 0 Å². The van der Waals surface area contributed by atoms with Crippen molar-refractivity contribution in [1.82, 2.24) is 0 Å². The zero-order valence-corrected chi connectivity index (χ0v) is 13.8. The summed E-state index contributed by atoms with van der Waals surface area (Å²) < 4.78 is 11.0. The normalized spacial score (nSPS) is 12.6. The first kappa shape index (κ1) is 16.3. The van der Waals surface area contributed by atoms with E-state index in [0.717, 1.165) is 24.5 Å². The minimum absolute atomic E-state index is 0.191. The van der Waals surface area contributed by atoms with E-state index < -0.39 is 0 Å². The number of hydrogen-bond donors (Lipinski definition) is 0. The quantitative estimate of drug-likeness (QED) is 0.441. The Morgan fingerprint density at radius 1 is 1.28 bits per heavy atom. The highest BCUT2D eigenvalue weighted by Gasteiger charge is 2.08. The van der Waals surface area contributed by atoms with Gasteiger partial charge in [-0.3, -0.25) is 0 Å². The van der Waals surface area contributed by atoms with Gasteiger partial charge in [0.15, 0.2) is 0 Å². The molecule has 0 spiro atoms. The average molecular weight is 380 g/mol. The van der Waals surface area contributed by atoms with Gasteiger partial charge in [-0.05, 0) is 12.0 Å². The van der Waals surface area contributed by atoms with Crippen molar-refractivity contribution in [2.24, 2.45) is 0 Å². The van der Waals surface area contributed by atoms with Crippen LogP contribution in [0.25, 0.3) is 0 Å².